The van der Waals surface area contributed by atoms with E-state index in [0.29, 0.717) is 30.3 Å². The minimum atomic E-state index is -3.02. The van der Waals surface area contributed by atoms with Gasteiger partial charge < -0.3 is 5.32 Å². The van der Waals surface area contributed by atoms with Crippen molar-refractivity contribution in [3.63, 3.8) is 0 Å². The summed E-state index contributed by atoms with van der Waals surface area (Å²) in [4.78, 5) is 0. The average molecular weight is 323 g/mol. The van der Waals surface area contributed by atoms with Crippen molar-refractivity contribution in [1.82, 2.24) is 9.62 Å². The van der Waals surface area contributed by atoms with Crippen molar-refractivity contribution in [2.75, 3.05) is 32.4 Å². The topological polar surface area (TPSA) is 49.4 Å². The zero-order chi connectivity index (χ0) is 14.6. The lowest BCUT2D eigenvalue weighted by Crippen LogP contribution is -2.43. The van der Waals surface area contributed by atoms with Gasteiger partial charge in [-0.25, -0.2) is 12.7 Å². The zero-order valence-electron chi connectivity index (χ0n) is 12.4. The molecule has 2 fully saturated rings. The average Bonchev–Trinajstić information content (AvgIpc) is 2.38. The smallest absolute Gasteiger partial charge is 0.211 e. The first-order chi connectivity index (χ1) is 9.45. The molecule has 1 saturated heterocycles. The summed E-state index contributed by atoms with van der Waals surface area (Å²) < 4.78 is 24.8. The first-order valence-corrected chi connectivity index (χ1v) is 10.0. The Bertz CT molecular complexity index is 402. The maximum Gasteiger partial charge on any atom is 0.211 e. The lowest BCUT2D eigenvalue weighted by molar-refractivity contribution is 0.253. The van der Waals surface area contributed by atoms with E-state index in [1.807, 2.05) is 0 Å². The van der Waals surface area contributed by atoms with Crippen LogP contribution in [0.25, 0.3) is 0 Å². The van der Waals surface area contributed by atoms with Crippen molar-refractivity contribution < 1.29 is 8.42 Å². The molecule has 1 heterocycles. The van der Waals surface area contributed by atoms with E-state index in [1.165, 1.54) is 19.1 Å². The molecule has 1 N–H and O–H groups in total. The van der Waals surface area contributed by atoms with Gasteiger partial charge in [0.05, 0.1) is 6.26 Å². The fourth-order valence-corrected chi connectivity index (χ4v) is 4.75. The van der Waals surface area contributed by atoms with Crippen LogP contribution >= 0.6 is 11.6 Å². The van der Waals surface area contributed by atoms with Crippen molar-refractivity contribution in [3.05, 3.63) is 0 Å². The second-order valence-electron chi connectivity index (χ2n) is 6.42. The van der Waals surface area contributed by atoms with Gasteiger partial charge in [-0.05, 0) is 57.0 Å². The van der Waals surface area contributed by atoms with Gasteiger partial charge in [-0.2, -0.15) is 0 Å². The fourth-order valence-electron chi connectivity index (χ4n) is 3.40. The number of piperidine rings is 1. The van der Waals surface area contributed by atoms with E-state index in [4.69, 9.17) is 11.6 Å². The number of hydrogen-bond donors (Lipinski definition) is 1. The Morgan fingerprint density at radius 2 is 1.85 bits per heavy atom. The molecule has 20 heavy (non-hydrogen) atoms. The van der Waals surface area contributed by atoms with E-state index in [1.54, 1.807) is 4.31 Å². The minimum absolute atomic E-state index is 0.353. The van der Waals surface area contributed by atoms with Gasteiger partial charge in [0, 0.05) is 18.5 Å². The van der Waals surface area contributed by atoms with Gasteiger partial charge in [0.1, 0.15) is 0 Å². The summed E-state index contributed by atoms with van der Waals surface area (Å²) in [5.74, 6) is 1.15. The van der Waals surface area contributed by atoms with E-state index in [0.717, 1.165) is 38.8 Å². The molecule has 0 spiro atoms. The summed E-state index contributed by atoms with van der Waals surface area (Å²) in [7, 11) is -3.02. The molecule has 118 valence electrons. The highest BCUT2D eigenvalue weighted by molar-refractivity contribution is 7.88. The van der Waals surface area contributed by atoms with Crippen molar-refractivity contribution in [2.45, 2.75) is 43.9 Å². The predicted octanol–water partition coefficient (Wildman–Crippen LogP) is 2.05. The molecule has 0 bridgehead atoms. The Morgan fingerprint density at radius 3 is 2.55 bits per heavy atom. The minimum Gasteiger partial charge on any atom is -0.316 e. The molecule has 1 saturated carbocycles. The van der Waals surface area contributed by atoms with Gasteiger partial charge in [0.15, 0.2) is 0 Å². The number of sulfonamides is 1. The van der Waals surface area contributed by atoms with E-state index < -0.39 is 10.0 Å². The standard InChI is InChI=1S/C14H27ClN2O2S/c1-20(18,19)17-7-3-5-13(11-17)10-16-9-12-4-2-6-14(15)8-12/h12-14,16H,2-11H2,1H3. The third-order valence-electron chi connectivity index (χ3n) is 4.54. The number of halogens is 1. The van der Waals surface area contributed by atoms with Gasteiger partial charge in [-0.15, -0.1) is 11.6 Å². The second-order valence-corrected chi connectivity index (χ2v) is 9.02. The molecule has 4 nitrogen and oxygen atoms in total. The zero-order valence-corrected chi connectivity index (χ0v) is 13.9. The Labute approximate surface area is 128 Å². The molecular formula is C14H27ClN2O2S. The normalized spacial score (nSPS) is 33.2. The molecule has 6 heteroatoms. The third kappa shape index (κ3) is 5.17. The van der Waals surface area contributed by atoms with Crippen LogP contribution in [0.15, 0.2) is 0 Å². The highest BCUT2D eigenvalue weighted by atomic mass is 35.5. The number of rotatable bonds is 5. The van der Waals surface area contributed by atoms with Crippen LogP contribution in [0.1, 0.15) is 38.5 Å². The number of nitrogens with one attached hydrogen (secondary N) is 1. The molecule has 2 aliphatic rings. The number of nitrogens with zero attached hydrogens (tertiary/aromatic N) is 1. The van der Waals surface area contributed by atoms with Crippen molar-refractivity contribution in [3.8, 4) is 0 Å². The van der Waals surface area contributed by atoms with Crippen LogP contribution in [-0.4, -0.2) is 50.5 Å². The first-order valence-electron chi connectivity index (χ1n) is 7.75. The maximum absolute atomic E-state index is 11.6. The molecule has 1 aliphatic heterocycles. The summed E-state index contributed by atoms with van der Waals surface area (Å²) in [6.07, 6.45) is 8.21. The van der Waals surface area contributed by atoms with Gasteiger partial charge in [-0.1, -0.05) is 6.42 Å². The summed E-state index contributed by atoms with van der Waals surface area (Å²) in [6.45, 7) is 3.31. The van der Waals surface area contributed by atoms with Gasteiger partial charge in [-0.3, -0.25) is 0 Å². The molecule has 3 atom stereocenters. The van der Waals surface area contributed by atoms with Crippen LogP contribution in [0.2, 0.25) is 0 Å². The van der Waals surface area contributed by atoms with Gasteiger partial charge in [0.25, 0.3) is 0 Å². The van der Waals surface area contributed by atoms with Gasteiger partial charge >= 0.3 is 0 Å². The SMILES string of the molecule is CS(=O)(=O)N1CCCC(CNCC2CCCC(Cl)C2)C1. The molecule has 1 aliphatic carbocycles. The van der Waals surface area contributed by atoms with E-state index in [-0.39, 0.29) is 0 Å². The second kappa shape index (κ2) is 7.43. The molecule has 0 aromatic rings. The van der Waals surface area contributed by atoms with Crippen LogP contribution in [0.5, 0.6) is 0 Å². The maximum atomic E-state index is 11.6. The Kier molecular flexibility index (Phi) is 6.14. The number of hydrogen-bond acceptors (Lipinski definition) is 3. The van der Waals surface area contributed by atoms with Gasteiger partial charge in [0.2, 0.25) is 10.0 Å². The van der Waals surface area contributed by atoms with E-state index in [2.05, 4.69) is 5.32 Å². The predicted molar refractivity (Wildman–Crippen MR) is 83.6 cm³/mol. The molecule has 3 unspecified atom stereocenters. The van der Waals surface area contributed by atoms with E-state index in [9.17, 15) is 8.42 Å². The van der Waals surface area contributed by atoms with Crippen LogP contribution in [0, 0.1) is 11.8 Å². The summed E-state index contributed by atoms with van der Waals surface area (Å²) >= 11 is 6.21. The Morgan fingerprint density at radius 1 is 1.15 bits per heavy atom. The van der Waals surface area contributed by atoms with Crippen molar-refractivity contribution in [1.29, 1.82) is 0 Å². The first kappa shape index (κ1) is 16.5. The lowest BCUT2D eigenvalue weighted by Gasteiger charge is -2.32. The lowest BCUT2D eigenvalue weighted by atomic mass is 9.88. The van der Waals surface area contributed by atoms with Crippen LogP contribution in [0.4, 0.5) is 0 Å². The van der Waals surface area contributed by atoms with Crippen LogP contribution < -0.4 is 5.32 Å². The Hall–Kier alpha value is 0.160. The molecule has 0 aromatic heterocycles. The largest absolute Gasteiger partial charge is 0.316 e. The highest BCUT2D eigenvalue weighted by Crippen LogP contribution is 2.27. The van der Waals surface area contributed by atoms with Crippen molar-refractivity contribution >= 4 is 21.6 Å². The monoisotopic (exact) mass is 322 g/mol. The van der Waals surface area contributed by atoms with Crippen LogP contribution in [0.3, 0.4) is 0 Å². The third-order valence-corrected chi connectivity index (χ3v) is 6.20. The molecule has 0 radical (unpaired) electrons. The summed E-state index contributed by atoms with van der Waals surface area (Å²) in [5.41, 5.74) is 0. The fraction of sp³-hybridized carbons (Fsp3) is 1.00. The number of alkyl halides is 1. The van der Waals surface area contributed by atoms with Crippen molar-refractivity contribution in [2.24, 2.45) is 11.8 Å². The van der Waals surface area contributed by atoms with Crippen LogP contribution in [-0.2, 0) is 10.0 Å². The molecule has 0 amide bonds. The van der Waals surface area contributed by atoms with E-state index >= 15 is 0 Å². The Balaban J connectivity index is 1.68. The quantitative estimate of drug-likeness (QED) is 0.788. The molecule has 2 rings (SSSR count). The molecule has 0 aromatic carbocycles. The highest BCUT2D eigenvalue weighted by Gasteiger charge is 2.26. The molecular weight excluding hydrogens is 296 g/mol. The summed E-state index contributed by atoms with van der Waals surface area (Å²) in [5, 5.41) is 3.89. The summed E-state index contributed by atoms with van der Waals surface area (Å²) in [6, 6.07) is 0.